The molecule has 0 heterocycles. The van der Waals surface area contributed by atoms with E-state index in [9.17, 15) is 16.8 Å². The van der Waals surface area contributed by atoms with Crippen LogP contribution in [0.15, 0.2) is 0 Å². The van der Waals surface area contributed by atoms with E-state index >= 15 is 0 Å². The maximum Gasteiger partial charge on any atom is 0.399 e. The van der Waals surface area contributed by atoms with Crippen LogP contribution < -0.4 is 0 Å². The van der Waals surface area contributed by atoms with E-state index in [1.54, 1.807) is 0 Å². The molecule has 0 aliphatic rings. The van der Waals surface area contributed by atoms with E-state index in [4.69, 9.17) is 8.37 Å². The van der Waals surface area contributed by atoms with Gasteiger partial charge in [0.25, 0.3) is 0 Å². The smallest absolute Gasteiger partial charge is 0.259 e. The standard InChI is InChI=1S/C24H50O6S3/c1-3-5-7-9-11-13-15-17-21-31(25)23-19-29-33(27,28)30-20-24-32(26)22-18-16-14-12-10-8-6-4-2/h3-24H2,1-2H3. The van der Waals surface area contributed by atoms with E-state index in [1.807, 2.05) is 0 Å². The lowest BCUT2D eigenvalue weighted by atomic mass is 10.1. The summed E-state index contributed by atoms with van der Waals surface area (Å²) in [7, 11) is -6.28. The summed E-state index contributed by atoms with van der Waals surface area (Å²) in [4.78, 5) is 0. The molecule has 0 spiro atoms. The SMILES string of the molecule is CCCCCCCCCCS(=O)CCOS(=O)(=O)OCCS(=O)CCCCCCCCCC. The largest absolute Gasteiger partial charge is 0.399 e. The summed E-state index contributed by atoms with van der Waals surface area (Å²) >= 11 is 0. The normalized spacial score (nSPS) is 13.9. The Morgan fingerprint density at radius 2 is 0.788 bits per heavy atom. The van der Waals surface area contributed by atoms with Crippen LogP contribution in [-0.4, -0.2) is 53.1 Å². The molecule has 0 fully saturated rings. The first-order chi connectivity index (χ1) is 15.9. The van der Waals surface area contributed by atoms with Crippen molar-refractivity contribution in [2.24, 2.45) is 0 Å². The van der Waals surface area contributed by atoms with Crippen LogP contribution in [0.4, 0.5) is 0 Å². The first kappa shape index (κ1) is 33.2. The number of rotatable bonds is 26. The Labute approximate surface area is 209 Å². The van der Waals surface area contributed by atoms with Crippen LogP contribution in [0.3, 0.4) is 0 Å². The van der Waals surface area contributed by atoms with Crippen molar-refractivity contribution in [3.63, 3.8) is 0 Å². The summed E-state index contributed by atoms with van der Waals surface area (Å²) in [5.74, 6) is 1.53. The first-order valence-electron chi connectivity index (χ1n) is 13.1. The van der Waals surface area contributed by atoms with Gasteiger partial charge in [-0.05, 0) is 12.8 Å². The Hall–Kier alpha value is 0.170. The molecule has 0 aromatic heterocycles. The molecule has 0 aromatic carbocycles. The quantitative estimate of drug-likeness (QED) is 0.127. The maximum atomic E-state index is 12.0. The minimum Gasteiger partial charge on any atom is -0.259 e. The molecule has 2 atom stereocenters. The van der Waals surface area contributed by atoms with Gasteiger partial charge in [-0.2, -0.15) is 8.42 Å². The molecule has 0 saturated carbocycles. The predicted octanol–water partition coefficient (Wildman–Crippen LogP) is 6.04. The molecule has 33 heavy (non-hydrogen) atoms. The molecule has 9 heteroatoms. The molecule has 0 amide bonds. The van der Waals surface area contributed by atoms with Gasteiger partial charge >= 0.3 is 10.4 Å². The molecule has 200 valence electrons. The van der Waals surface area contributed by atoms with E-state index < -0.39 is 32.0 Å². The number of hydrogen-bond acceptors (Lipinski definition) is 6. The summed E-state index contributed by atoms with van der Waals surface area (Å²) in [6.07, 6.45) is 19.0. The highest BCUT2D eigenvalue weighted by molar-refractivity contribution is 7.85. The maximum absolute atomic E-state index is 12.0. The van der Waals surface area contributed by atoms with Gasteiger partial charge in [0.15, 0.2) is 0 Å². The Bertz CT molecular complexity index is 537. The lowest BCUT2D eigenvalue weighted by molar-refractivity contribution is 0.233. The van der Waals surface area contributed by atoms with Crippen LogP contribution in [-0.2, 0) is 40.4 Å². The fourth-order valence-corrected chi connectivity index (χ4v) is 6.34. The minimum atomic E-state index is -4.12. The van der Waals surface area contributed by atoms with Crippen molar-refractivity contribution >= 4 is 32.0 Å². The van der Waals surface area contributed by atoms with Gasteiger partial charge in [0.05, 0.1) is 13.2 Å². The molecule has 2 unspecified atom stereocenters. The summed E-state index contributed by atoms with van der Waals surface area (Å²) in [5, 5.41) is 0. The van der Waals surface area contributed by atoms with Crippen LogP contribution in [0.5, 0.6) is 0 Å². The van der Waals surface area contributed by atoms with Gasteiger partial charge in [-0.3, -0.25) is 8.42 Å². The molecule has 6 nitrogen and oxygen atoms in total. The van der Waals surface area contributed by atoms with E-state index in [0.717, 1.165) is 25.7 Å². The van der Waals surface area contributed by atoms with Crippen molar-refractivity contribution in [1.82, 2.24) is 0 Å². The third-order valence-corrected chi connectivity index (χ3v) is 9.17. The summed E-state index contributed by atoms with van der Waals surface area (Å²) in [5.41, 5.74) is 0. The molecule has 0 saturated heterocycles. The van der Waals surface area contributed by atoms with E-state index in [0.29, 0.717) is 11.5 Å². The van der Waals surface area contributed by atoms with Crippen LogP contribution >= 0.6 is 0 Å². The van der Waals surface area contributed by atoms with Gasteiger partial charge in [0.2, 0.25) is 0 Å². The lowest BCUT2D eigenvalue weighted by Gasteiger charge is -2.07. The molecule has 0 radical (unpaired) electrons. The van der Waals surface area contributed by atoms with Gasteiger partial charge < -0.3 is 0 Å². The van der Waals surface area contributed by atoms with Crippen molar-refractivity contribution < 1.29 is 25.2 Å². The summed E-state index contributed by atoms with van der Waals surface area (Å²) in [6, 6.07) is 0. The minimum absolute atomic E-state index is 0.146. The molecule has 0 aliphatic heterocycles. The zero-order valence-corrected chi connectivity index (χ0v) is 23.7. The summed E-state index contributed by atoms with van der Waals surface area (Å²) < 4.78 is 57.0. The second kappa shape index (κ2) is 23.9. The molecule has 0 N–H and O–H groups in total. The third-order valence-electron chi connectivity index (χ3n) is 5.53. The van der Waals surface area contributed by atoms with Crippen LogP contribution in [0.1, 0.15) is 117 Å². The van der Waals surface area contributed by atoms with Crippen molar-refractivity contribution in [2.75, 3.05) is 36.2 Å². The second-order valence-corrected chi connectivity index (χ2v) is 13.4. The first-order valence-corrected chi connectivity index (χ1v) is 17.5. The summed E-state index contributed by atoms with van der Waals surface area (Å²) in [6.45, 7) is 4.12. The Kier molecular flexibility index (Phi) is 24.0. The highest BCUT2D eigenvalue weighted by Gasteiger charge is 2.13. The molecular weight excluding hydrogens is 480 g/mol. The van der Waals surface area contributed by atoms with Crippen LogP contribution in [0, 0.1) is 0 Å². The van der Waals surface area contributed by atoms with Crippen molar-refractivity contribution in [2.45, 2.75) is 117 Å². The van der Waals surface area contributed by atoms with Gasteiger partial charge in [0.1, 0.15) is 0 Å². The van der Waals surface area contributed by atoms with Crippen molar-refractivity contribution in [3.05, 3.63) is 0 Å². The molecule has 0 bridgehead atoms. The zero-order valence-electron chi connectivity index (χ0n) is 21.2. The average molecular weight is 531 g/mol. The van der Waals surface area contributed by atoms with Gasteiger partial charge in [-0.25, -0.2) is 8.37 Å². The van der Waals surface area contributed by atoms with Crippen molar-refractivity contribution in [1.29, 1.82) is 0 Å². The lowest BCUT2D eigenvalue weighted by Crippen LogP contribution is -2.18. The fraction of sp³-hybridized carbons (Fsp3) is 1.00. The average Bonchev–Trinajstić information content (AvgIpc) is 2.77. The molecule has 0 aromatic rings. The topological polar surface area (TPSA) is 86.7 Å². The monoisotopic (exact) mass is 530 g/mol. The predicted molar refractivity (Wildman–Crippen MR) is 142 cm³/mol. The third kappa shape index (κ3) is 25.1. The van der Waals surface area contributed by atoms with Crippen LogP contribution in [0.2, 0.25) is 0 Å². The highest BCUT2D eigenvalue weighted by Crippen LogP contribution is 2.10. The Morgan fingerprint density at radius 1 is 0.485 bits per heavy atom. The van der Waals surface area contributed by atoms with Crippen LogP contribution in [0.25, 0.3) is 0 Å². The number of unbranched alkanes of at least 4 members (excludes halogenated alkanes) is 14. The fourth-order valence-electron chi connectivity index (χ4n) is 3.49. The van der Waals surface area contributed by atoms with Gasteiger partial charge in [-0.15, -0.1) is 0 Å². The second-order valence-electron chi connectivity index (χ2n) is 8.70. The van der Waals surface area contributed by atoms with E-state index in [-0.39, 0.29) is 24.7 Å². The van der Waals surface area contributed by atoms with E-state index in [1.165, 1.54) is 77.0 Å². The Morgan fingerprint density at radius 3 is 1.12 bits per heavy atom. The molecular formula is C24H50O6S3. The highest BCUT2D eigenvalue weighted by atomic mass is 32.3. The van der Waals surface area contributed by atoms with E-state index in [2.05, 4.69) is 13.8 Å². The molecule has 0 aliphatic carbocycles. The Balaban J connectivity index is 3.62. The zero-order chi connectivity index (χ0) is 24.6. The molecule has 0 rings (SSSR count). The van der Waals surface area contributed by atoms with Gasteiger partial charge in [0, 0.05) is 44.6 Å². The van der Waals surface area contributed by atoms with Crippen molar-refractivity contribution in [3.8, 4) is 0 Å². The number of hydrogen-bond donors (Lipinski definition) is 0. The van der Waals surface area contributed by atoms with Gasteiger partial charge in [-0.1, -0.05) is 104 Å².